The van der Waals surface area contributed by atoms with E-state index in [0.29, 0.717) is 33.5 Å². The molecule has 2 fully saturated rings. The molecule has 228 valence electrons. The topological polar surface area (TPSA) is 114 Å². The molecule has 2 amide bonds. The number of carbonyl (C=O) groups is 2. The molecule has 2 aromatic carbocycles. The zero-order valence-corrected chi connectivity index (χ0v) is 24.1. The van der Waals surface area contributed by atoms with Gasteiger partial charge in [0.25, 0.3) is 0 Å². The number of halogens is 3. The zero-order valence-electron chi connectivity index (χ0n) is 23.2. The number of aliphatic hydroxyl groups is 1. The van der Waals surface area contributed by atoms with Crippen LogP contribution in [0.25, 0.3) is 0 Å². The van der Waals surface area contributed by atoms with E-state index < -0.39 is 30.3 Å². The molecule has 2 saturated heterocycles. The average molecular weight is 617 g/mol. The van der Waals surface area contributed by atoms with Crippen molar-refractivity contribution in [2.75, 3.05) is 17.6 Å². The minimum atomic E-state index is -5.05. The third kappa shape index (κ3) is 7.35. The summed E-state index contributed by atoms with van der Waals surface area (Å²) in [6.45, 7) is 1.82. The van der Waals surface area contributed by atoms with E-state index in [9.17, 15) is 27.9 Å². The number of thioether (sulfide) groups is 1. The fraction of sp³-hybridized carbons (Fsp3) is 0.400. The van der Waals surface area contributed by atoms with Crippen molar-refractivity contribution < 1.29 is 37.3 Å². The molecule has 5 unspecified atom stereocenters. The van der Waals surface area contributed by atoms with E-state index in [1.54, 1.807) is 42.7 Å². The van der Waals surface area contributed by atoms with E-state index in [1.807, 2.05) is 31.2 Å². The molecule has 5 rings (SSSR count). The number of aliphatic hydroxyl groups excluding tert-OH is 1. The van der Waals surface area contributed by atoms with E-state index in [1.165, 1.54) is 11.8 Å². The maximum Gasteiger partial charge on any atom is 0.471 e. The second kappa shape index (κ2) is 13.4. The number of anilines is 1. The number of rotatable bonds is 8. The number of nitrogens with one attached hydrogen (secondary N) is 1. The number of hydrogen-bond donors (Lipinski definition) is 2. The van der Waals surface area contributed by atoms with Crippen LogP contribution in [-0.2, 0) is 25.7 Å². The molecule has 2 aliphatic rings. The van der Waals surface area contributed by atoms with Crippen LogP contribution < -0.4 is 5.32 Å². The normalized spacial score (nSPS) is 24.1. The highest BCUT2D eigenvalue weighted by Crippen LogP contribution is 2.43. The summed E-state index contributed by atoms with van der Waals surface area (Å²) < 4.78 is 52.0. The van der Waals surface area contributed by atoms with Gasteiger partial charge in [-0.15, -0.1) is 0 Å². The molecule has 2 N–H and O–H groups in total. The highest BCUT2D eigenvalue weighted by Gasteiger charge is 2.47. The molecule has 1 aromatic heterocycles. The van der Waals surface area contributed by atoms with E-state index in [-0.39, 0.29) is 37.7 Å². The summed E-state index contributed by atoms with van der Waals surface area (Å²) in [6, 6.07) is 14.8. The second-order valence-electron chi connectivity index (χ2n) is 10.4. The van der Waals surface area contributed by atoms with Crippen LogP contribution in [0.5, 0.6) is 0 Å². The van der Waals surface area contributed by atoms with Crippen molar-refractivity contribution in [2.45, 2.75) is 62.2 Å². The standard InChI is InChI=1S/C30H31F3N4O5S/c1-18-24(17-43-29-34-12-4-13-35-29)41-27(42-25(18)20-10-8-19(16-38)9-11-20)21-5-2-6-22(15-21)36-26(39)23-7-3-14-37(23)28(40)30(31,32)33/h2,4-6,8-13,15,18,23-25,27,38H,3,7,14,16-17H2,1H3,(H,36,39). The Hall–Kier alpha value is -3.52. The Morgan fingerprint density at radius 1 is 1.07 bits per heavy atom. The first-order valence-corrected chi connectivity index (χ1v) is 14.8. The molecule has 3 heterocycles. The first-order valence-electron chi connectivity index (χ1n) is 13.8. The van der Waals surface area contributed by atoms with Gasteiger partial charge in [0.05, 0.1) is 18.8 Å². The van der Waals surface area contributed by atoms with Crippen molar-refractivity contribution in [1.29, 1.82) is 0 Å². The number of alkyl halides is 3. The summed E-state index contributed by atoms with van der Waals surface area (Å²) >= 11 is 1.46. The number of benzene rings is 2. The first-order chi connectivity index (χ1) is 20.6. The number of hydrogen-bond acceptors (Lipinski definition) is 8. The molecule has 43 heavy (non-hydrogen) atoms. The van der Waals surface area contributed by atoms with Crippen LogP contribution in [0.3, 0.4) is 0 Å². The van der Waals surface area contributed by atoms with Gasteiger partial charge in [-0.1, -0.05) is 55.1 Å². The Morgan fingerprint density at radius 3 is 2.51 bits per heavy atom. The lowest BCUT2D eigenvalue weighted by molar-refractivity contribution is -0.268. The summed E-state index contributed by atoms with van der Waals surface area (Å²) in [5, 5.41) is 12.7. The minimum Gasteiger partial charge on any atom is -0.392 e. The molecular weight excluding hydrogens is 585 g/mol. The van der Waals surface area contributed by atoms with Gasteiger partial charge in [0.1, 0.15) is 6.04 Å². The van der Waals surface area contributed by atoms with Crippen LogP contribution in [0.15, 0.2) is 72.1 Å². The van der Waals surface area contributed by atoms with Crippen LogP contribution in [-0.4, -0.2) is 62.4 Å². The van der Waals surface area contributed by atoms with Gasteiger partial charge in [-0.25, -0.2) is 9.97 Å². The third-order valence-corrected chi connectivity index (χ3v) is 8.49. The Kier molecular flexibility index (Phi) is 9.65. The average Bonchev–Trinajstić information content (AvgIpc) is 3.50. The van der Waals surface area contributed by atoms with Crippen molar-refractivity contribution in [1.82, 2.24) is 14.9 Å². The molecule has 3 aromatic rings. The minimum absolute atomic E-state index is 0.0742. The Balaban J connectivity index is 1.35. The lowest BCUT2D eigenvalue weighted by Crippen LogP contribution is -2.48. The Bertz CT molecular complexity index is 1410. The van der Waals surface area contributed by atoms with E-state index in [0.717, 1.165) is 11.1 Å². The zero-order chi connectivity index (χ0) is 30.6. The van der Waals surface area contributed by atoms with E-state index in [4.69, 9.17) is 9.47 Å². The molecule has 13 heteroatoms. The monoisotopic (exact) mass is 616 g/mol. The molecular formula is C30H31F3N4O5S. The largest absolute Gasteiger partial charge is 0.471 e. The first kappa shape index (κ1) is 30.9. The lowest BCUT2D eigenvalue weighted by Gasteiger charge is -2.41. The molecule has 0 bridgehead atoms. The number of carbonyl (C=O) groups excluding carboxylic acids is 2. The van der Waals surface area contributed by atoms with Crippen molar-refractivity contribution in [3.05, 3.63) is 83.7 Å². The van der Waals surface area contributed by atoms with Gasteiger partial charge in [-0.3, -0.25) is 9.59 Å². The maximum absolute atomic E-state index is 13.1. The van der Waals surface area contributed by atoms with Gasteiger partial charge in [-0.05, 0) is 42.2 Å². The van der Waals surface area contributed by atoms with Gasteiger partial charge < -0.3 is 24.8 Å². The second-order valence-corrected chi connectivity index (χ2v) is 11.4. The SMILES string of the molecule is CC1C(CSc2ncccn2)OC(c2cccc(NC(=O)C3CCCN3C(=O)C(F)(F)F)c2)OC1c1ccc(CO)cc1. The van der Waals surface area contributed by atoms with Crippen LogP contribution in [0.4, 0.5) is 18.9 Å². The molecule has 9 nitrogen and oxygen atoms in total. The van der Waals surface area contributed by atoms with Gasteiger partial charge in [-0.2, -0.15) is 13.2 Å². The maximum atomic E-state index is 13.1. The number of ether oxygens (including phenoxy) is 2. The molecule has 0 saturated carbocycles. The van der Waals surface area contributed by atoms with Crippen molar-refractivity contribution >= 4 is 29.3 Å². The van der Waals surface area contributed by atoms with Gasteiger partial charge in [0.2, 0.25) is 5.91 Å². The van der Waals surface area contributed by atoms with Gasteiger partial charge in [0.15, 0.2) is 11.4 Å². The predicted octanol–water partition coefficient (Wildman–Crippen LogP) is 5.04. The fourth-order valence-electron chi connectivity index (χ4n) is 5.26. The van der Waals surface area contributed by atoms with E-state index in [2.05, 4.69) is 15.3 Å². The summed E-state index contributed by atoms with van der Waals surface area (Å²) in [7, 11) is 0. The van der Waals surface area contributed by atoms with Crippen molar-refractivity contribution in [2.24, 2.45) is 5.92 Å². The van der Waals surface area contributed by atoms with Crippen LogP contribution in [0.1, 0.15) is 48.8 Å². The number of aromatic nitrogens is 2. The third-order valence-electron chi connectivity index (χ3n) is 7.53. The van der Waals surface area contributed by atoms with Gasteiger partial charge >= 0.3 is 12.1 Å². The number of likely N-dealkylation sites (tertiary alicyclic amines) is 1. The summed E-state index contributed by atoms with van der Waals surface area (Å²) in [4.78, 5) is 34.0. The molecule has 2 aliphatic heterocycles. The number of nitrogens with zero attached hydrogens (tertiary/aromatic N) is 3. The summed E-state index contributed by atoms with van der Waals surface area (Å²) in [5.41, 5.74) is 2.62. The summed E-state index contributed by atoms with van der Waals surface area (Å²) in [6.07, 6.45) is -2.75. The smallest absolute Gasteiger partial charge is 0.392 e. The van der Waals surface area contributed by atoms with Crippen molar-refractivity contribution in [3.63, 3.8) is 0 Å². The number of amides is 2. The highest BCUT2D eigenvalue weighted by molar-refractivity contribution is 7.99. The van der Waals surface area contributed by atoms with Crippen LogP contribution in [0.2, 0.25) is 0 Å². The summed E-state index contributed by atoms with van der Waals surface area (Å²) in [5.74, 6) is -2.24. The van der Waals surface area contributed by atoms with Gasteiger partial charge in [0, 0.05) is 41.9 Å². The lowest BCUT2D eigenvalue weighted by atomic mass is 9.91. The Labute approximate surface area is 250 Å². The fourth-order valence-corrected chi connectivity index (χ4v) is 6.23. The van der Waals surface area contributed by atoms with Crippen LogP contribution >= 0.6 is 11.8 Å². The molecule has 0 spiro atoms. The van der Waals surface area contributed by atoms with Crippen molar-refractivity contribution in [3.8, 4) is 0 Å². The van der Waals surface area contributed by atoms with Crippen LogP contribution in [0, 0.1) is 5.92 Å². The molecule has 0 aliphatic carbocycles. The van der Waals surface area contributed by atoms with E-state index >= 15 is 0 Å². The Morgan fingerprint density at radius 2 is 1.81 bits per heavy atom. The predicted molar refractivity (Wildman–Crippen MR) is 152 cm³/mol. The quantitative estimate of drug-likeness (QED) is 0.267. The highest BCUT2D eigenvalue weighted by atomic mass is 32.2. The molecule has 0 radical (unpaired) electrons. The molecule has 5 atom stereocenters.